The van der Waals surface area contributed by atoms with Crippen LogP contribution in [0.25, 0.3) is 11.3 Å². The first-order chi connectivity index (χ1) is 13.6. The van der Waals surface area contributed by atoms with E-state index in [1.54, 1.807) is 16.8 Å². The van der Waals surface area contributed by atoms with Gasteiger partial charge in [0, 0.05) is 20.6 Å². The first kappa shape index (κ1) is 17.1. The number of hydrogen-bond acceptors (Lipinski definition) is 6. The zero-order valence-corrected chi connectivity index (χ0v) is 16.4. The minimum absolute atomic E-state index is 0.343. The Morgan fingerprint density at radius 2 is 1.82 bits per heavy atom. The summed E-state index contributed by atoms with van der Waals surface area (Å²) in [6, 6.07) is 14.6. The number of fused-ring (bicyclic) bond motifs is 2. The maximum absolute atomic E-state index is 12.6. The van der Waals surface area contributed by atoms with Crippen molar-refractivity contribution in [3.05, 3.63) is 79.5 Å². The Balaban J connectivity index is 1.81. The van der Waals surface area contributed by atoms with Gasteiger partial charge in [0.2, 0.25) is 5.95 Å². The highest BCUT2D eigenvalue weighted by atomic mass is 79.9. The van der Waals surface area contributed by atoms with Gasteiger partial charge in [-0.1, -0.05) is 56.9 Å². The second kappa shape index (κ2) is 6.54. The van der Waals surface area contributed by atoms with E-state index in [0.29, 0.717) is 27.9 Å². The highest BCUT2D eigenvalue weighted by molar-refractivity contribution is 9.10. The second-order valence-electron chi connectivity index (χ2n) is 6.22. The van der Waals surface area contributed by atoms with Crippen LogP contribution in [0.2, 0.25) is 5.02 Å². The van der Waals surface area contributed by atoms with Crippen LogP contribution < -0.4 is 10.9 Å². The number of aromatic amines is 1. The first-order valence-electron chi connectivity index (χ1n) is 8.30. The summed E-state index contributed by atoms with van der Waals surface area (Å²) in [5.74, 6) is 0.380. The topological polar surface area (TPSA) is 101 Å². The molecule has 1 aliphatic rings. The summed E-state index contributed by atoms with van der Waals surface area (Å²) in [6.07, 6.45) is 0. The number of aromatic nitrogens is 6. The average Bonchev–Trinajstić information content (AvgIpc) is 3.17. The van der Waals surface area contributed by atoms with Crippen LogP contribution in [0.3, 0.4) is 0 Å². The molecular weight excluding hydrogens is 446 g/mol. The predicted octanol–water partition coefficient (Wildman–Crippen LogP) is 3.53. The lowest BCUT2D eigenvalue weighted by Crippen LogP contribution is -2.29. The molecule has 1 atom stereocenters. The van der Waals surface area contributed by atoms with Crippen molar-refractivity contribution in [1.82, 2.24) is 30.4 Å². The zero-order chi connectivity index (χ0) is 19.3. The Morgan fingerprint density at radius 1 is 1.07 bits per heavy atom. The highest BCUT2D eigenvalue weighted by Crippen LogP contribution is 2.41. The van der Waals surface area contributed by atoms with E-state index >= 15 is 0 Å². The monoisotopic (exact) mass is 455 g/mol. The smallest absolute Gasteiger partial charge is 0.288 e. The van der Waals surface area contributed by atoms with Crippen LogP contribution in [0.1, 0.15) is 17.2 Å². The summed E-state index contributed by atoms with van der Waals surface area (Å²) < 4.78 is 2.58. The highest BCUT2D eigenvalue weighted by Gasteiger charge is 2.34. The van der Waals surface area contributed by atoms with Gasteiger partial charge in [-0.15, -0.1) is 0 Å². The van der Waals surface area contributed by atoms with Crippen LogP contribution in [0.15, 0.2) is 57.8 Å². The fourth-order valence-corrected chi connectivity index (χ4v) is 3.71. The lowest BCUT2D eigenvalue weighted by molar-refractivity contribution is 0.567. The minimum atomic E-state index is -0.438. The number of nitrogens with zero attached hydrogens (tertiary/aromatic N) is 5. The number of anilines is 2. The number of H-pyrrole nitrogens is 1. The van der Waals surface area contributed by atoms with Crippen LogP contribution in [-0.2, 0) is 0 Å². The Hall–Kier alpha value is -3.04. The Bertz CT molecular complexity index is 1230. The van der Waals surface area contributed by atoms with E-state index in [2.05, 4.69) is 47.0 Å². The molecule has 0 fully saturated rings. The lowest BCUT2D eigenvalue weighted by Gasteiger charge is -2.27. The van der Waals surface area contributed by atoms with E-state index in [0.717, 1.165) is 15.6 Å². The molecule has 2 aromatic heterocycles. The van der Waals surface area contributed by atoms with Gasteiger partial charge in [-0.3, -0.25) is 4.79 Å². The number of halogens is 2. The third-order valence-corrected chi connectivity index (χ3v) is 5.35. The molecule has 0 spiro atoms. The van der Waals surface area contributed by atoms with Crippen molar-refractivity contribution in [2.75, 3.05) is 5.32 Å². The van der Waals surface area contributed by atoms with E-state index < -0.39 is 6.04 Å². The maximum atomic E-state index is 12.6. The molecule has 0 aliphatic carbocycles. The molecule has 2 aromatic carbocycles. The normalized spacial score (nSPS) is 14.9. The third-order valence-electron chi connectivity index (χ3n) is 4.57. The number of hydrogen-bond donors (Lipinski definition) is 2. The number of tetrazole rings is 1. The molecular formula is C18H11BrClN7O. The predicted molar refractivity (Wildman–Crippen MR) is 108 cm³/mol. The molecule has 0 bridgehead atoms. The van der Waals surface area contributed by atoms with Crippen LogP contribution in [-0.4, -0.2) is 30.4 Å². The number of nitrogens with one attached hydrogen (secondary N) is 2. The van der Waals surface area contributed by atoms with Gasteiger partial charge < -0.3 is 5.32 Å². The van der Waals surface area contributed by atoms with Gasteiger partial charge >= 0.3 is 0 Å². The molecule has 0 saturated carbocycles. The third kappa shape index (κ3) is 2.71. The Kier molecular flexibility index (Phi) is 3.99. The van der Waals surface area contributed by atoms with Crippen molar-refractivity contribution >= 4 is 39.2 Å². The van der Waals surface area contributed by atoms with Gasteiger partial charge in [0.1, 0.15) is 11.7 Å². The van der Waals surface area contributed by atoms with E-state index in [1.807, 2.05) is 36.4 Å². The summed E-state index contributed by atoms with van der Waals surface area (Å²) in [4.78, 5) is 12.6. The molecule has 138 valence electrons. The molecule has 0 saturated heterocycles. The molecule has 3 heterocycles. The molecule has 1 aliphatic heterocycles. The Morgan fingerprint density at radius 3 is 2.57 bits per heavy atom. The molecule has 0 radical (unpaired) electrons. The van der Waals surface area contributed by atoms with Gasteiger partial charge in [-0.25, -0.2) is 5.10 Å². The van der Waals surface area contributed by atoms with E-state index in [9.17, 15) is 4.79 Å². The summed E-state index contributed by atoms with van der Waals surface area (Å²) in [5.41, 5.74) is 3.09. The standard InChI is InChI=1S/C18H11BrClN7O/c19-11-5-1-9(2-6-11)14-13-15(17(28)23-22-14)21-18-24-25-26-27(18)16(13)10-3-7-12(20)8-4-10/h1-8,16H,(H,23,28)(H,21,24,26)/t16-/m1/s1. The van der Waals surface area contributed by atoms with E-state index in [-0.39, 0.29) is 5.56 Å². The zero-order valence-electron chi connectivity index (χ0n) is 14.1. The van der Waals surface area contributed by atoms with Crippen LogP contribution in [0, 0.1) is 0 Å². The molecule has 0 unspecified atom stereocenters. The van der Waals surface area contributed by atoms with E-state index in [4.69, 9.17) is 11.6 Å². The fraction of sp³-hybridized carbons (Fsp3) is 0.0556. The van der Waals surface area contributed by atoms with Crippen molar-refractivity contribution in [2.24, 2.45) is 0 Å². The van der Waals surface area contributed by atoms with Crippen molar-refractivity contribution in [3.8, 4) is 11.3 Å². The van der Waals surface area contributed by atoms with Gasteiger partial charge in [-0.05, 0) is 40.3 Å². The van der Waals surface area contributed by atoms with Gasteiger partial charge in [-0.2, -0.15) is 9.78 Å². The summed E-state index contributed by atoms with van der Waals surface area (Å²) in [5, 5.41) is 22.4. The van der Waals surface area contributed by atoms with Crippen LogP contribution in [0.5, 0.6) is 0 Å². The van der Waals surface area contributed by atoms with Gasteiger partial charge in [0.05, 0.1) is 5.69 Å². The molecule has 4 aromatic rings. The minimum Gasteiger partial charge on any atom is -0.318 e. The van der Waals surface area contributed by atoms with Crippen molar-refractivity contribution in [2.45, 2.75) is 6.04 Å². The molecule has 0 amide bonds. The van der Waals surface area contributed by atoms with Crippen LogP contribution >= 0.6 is 27.5 Å². The molecule has 28 heavy (non-hydrogen) atoms. The first-order valence-corrected chi connectivity index (χ1v) is 9.48. The lowest BCUT2D eigenvalue weighted by atomic mass is 9.92. The van der Waals surface area contributed by atoms with Crippen molar-refractivity contribution in [3.63, 3.8) is 0 Å². The number of benzene rings is 2. The maximum Gasteiger partial charge on any atom is 0.288 e. The van der Waals surface area contributed by atoms with Crippen molar-refractivity contribution in [1.29, 1.82) is 0 Å². The SMILES string of the molecule is O=c1[nH]nc(-c2ccc(Br)cc2)c2c1Nc1nnnn1[C@@H]2c1ccc(Cl)cc1. The van der Waals surface area contributed by atoms with Gasteiger partial charge in [0.25, 0.3) is 5.56 Å². The second-order valence-corrected chi connectivity index (χ2v) is 7.58. The molecule has 5 rings (SSSR count). The van der Waals surface area contributed by atoms with Crippen LogP contribution in [0.4, 0.5) is 11.6 Å². The molecule has 2 N–H and O–H groups in total. The molecule has 10 heteroatoms. The Labute approximate surface area is 171 Å². The average molecular weight is 457 g/mol. The summed E-state index contributed by atoms with van der Waals surface area (Å²) >= 11 is 9.51. The summed E-state index contributed by atoms with van der Waals surface area (Å²) in [6.45, 7) is 0. The summed E-state index contributed by atoms with van der Waals surface area (Å²) in [7, 11) is 0. The molecule has 8 nitrogen and oxygen atoms in total. The quantitative estimate of drug-likeness (QED) is 0.421. The van der Waals surface area contributed by atoms with Crippen molar-refractivity contribution < 1.29 is 0 Å². The largest absolute Gasteiger partial charge is 0.318 e. The van der Waals surface area contributed by atoms with Gasteiger partial charge in [0.15, 0.2) is 0 Å². The fourth-order valence-electron chi connectivity index (χ4n) is 3.32. The number of rotatable bonds is 2. The van der Waals surface area contributed by atoms with E-state index in [1.165, 1.54) is 0 Å².